The molecule has 30 heavy (non-hydrogen) atoms. The van der Waals surface area contributed by atoms with E-state index in [2.05, 4.69) is 26.3 Å². The van der Waals surface area contributed by atoms with Crippen LogP contribution in [0.5, 0.6) is 0 Å². The number of nitrogens with one attached hydrogen (secondary N) is 4. The van der Waals surface area contributed by atoms with E-state index in [9.17, 15) is 9.59 Å². The van der Waals surface area contributed by atoms with Gasteiger partial charge < -0.3 is 27.8 Å². The van der Waals surface area contributed by atoms with Gasteiger partial charge in [0.1, 0.15) is 0 Å². The van der Waals surface area contributed by atoms with Crippen molar-refractivity contribution in [2.24, 2.45) is 17.2 Å². The molecule has 10 N–H and O–H groups in total. The first-order valence-corrected chi connectivity index (χ1v) is 10.3. The predicted molar refractivity (Wildman–Crippen MR) is 118 cm³/mol. The Labute approximate surface area is 178 Å². The monoisotopic (exact) mass is 420 g/mol. The van der Waals surface area contributed by atoms with Crippen molar-refractivity contribution >= 4 is 11.8 Å². The van der Waals surface area contributed by atoms with E-state index < -0.39 is 6.17 Å². The molecule has 2 amide bonds. The van der Waals surface area contributed by atoms with Crippen molar-refractivity contribution in [3.63, 3.8) is 0 Å². The predicted octanol–water partition coefficient (Wildman–Crippen LogP) is -1.36. The normalized spacial score (nSPS) is 13.5. The second-order valence-electron chi connectivity index (χ2n) is 6.84. The highest BCUT2D eigenvalue weighted by Crippen LogP contribution is 2.06. The molecule has 0 radical (unpaired) electrons. The van der Waals surface area contributed by atoms with Crippen LogP contribution in [0.25, 0.3) is 0 Å². The van der Waals surface area contributed by atoms with Crippen molar-refractivity contribution in [2.45, 2.75) is 44.9 Å². The van der Waals surface area contributed by atoms with Crippen LogP contribution in [0.2, 0.25) is 0 Å². The lowest BCUT2D eigenvalue weighted by molar-refractivity contribution is -0.120. The topological polar surface area (TPSA) is 173 Å². The third-order valence-electron chi connectivity index (χ3n) is 4.38. The second kappa shape index (κ2) is 15.3. The Morgan fingerprint density at radius 2 is 1.87 bits per heavy atom. The highest BCUT2D eigenvalue weighted by atomic mass is 16.2. The van der Waals surface area contributed by atoms with Crippen LogP contribution < -0.4 is 38.5 Å². The molecule has 0 bridgehead atoms. The number of carbonyl (C=O) groups excluding carboxylic acids is 2. The first kappa shape index (κ1) is 25.5. The molecule has 2 atom stereocenters. The van der Waals surface area contributed by atoms with Crippen molar-refractivity contribution in [1.82, 2.24) is 26.3 Å². The van der Waals surface area contributed by atoms with Gasteiger partial charge >= 0.3 is 0 Å². The molecule has 1 aromatic rings. The van der Waals surface area contributed by atoms with Crippen LogP contribution in [0.15, 0.2) is 36.3 Å². The van der Waals surface area contributed by atoms with Gasteiger partial charge in [-0.1, -0.05) is 6.92 Å². The van der Waals surface area contributed by atoms with Gasteiger partial charge in [0.15, 0.2) is 0 Å². The Morgan fingerprint density at radius 3 is 2.50 bits per heavy atom. The largest absolute Gasteiger partial charge is 0.404 e. The minimum absolute atomic E-state index is 0.0894. The molecule has 0 aliphatic rings. The number of nitrogens with zero attached hydrogens (tertiary/aromatic N) is 1. The number of amides is 2. The number of rotatable bonds is 15. The maximum Gasteiger partial charge on any atom is 0.251 e. The van der Waals surface area contributed by atoms with Gasteiger partial charge in [0, 0.05) is 31.7 Å². The van der Waals surface area contributed by atoms with E-state index in [1.165, 1.54) is 11.8 Å². The van der Waals surface area contributed by atoms with Crippen molar-refractivity contribution in [1.29, 1.82) is 0 Å². The number of hydrogen-bond donors (Lipinski definition) is 7. The van der Waals surface area contributed by atoms with Crippen LogP contribution >= 0.6 is 0 Å². The maximum absolute atomic E-state index is 12.6. The fourth-order valence-electron chi connectivity index (χ4n) is 2.78. The smallest absolute Gasteiger partial charge is 0.251 e. The molecule has 0 saturated heterocycles. The number of aryl methyl sites for hydroxylation is 1. The van der Waals surface area contributed by atoms with E-state index in [1.807, 2.05) is 19.1 Å². The van der Waals surface area contributed by atoms with Gasteiger partial charge in [-0.25, -0.2) is 0 Å². The average Bonchev–Trinajstić information content (AvgIpc) is 2.75. The quantitative estimate of drug-likeness (QED) is 0.103. The number of aromatic nitrogens is 1. The van der Waals surface area contributed by atoms with Crippen LogP contribution in [-0.4, -0.2) is 55.3 Å². The Kier molecular flexibility index (Phi) is 13.0. The third-order valence-corrected chi connectivity index (χ3v) is 4.38. The summed E-state index contributed by atoms with van der Waals surface area (Å²) in [5.74, 6) is -0.606. The Balaban J connectivity index is 2.54. The van der Waals surface area contributed by atoms with Gasteiger partial charge in [-0.3, -0.25) is 25.2 Å². The summed E-state index contributed by atoms with van der Waals surface area (Å²) in [6.45, 7) is 3.19. The molecule has 1 rings (SSSR count). The van der Waals surface area contributed by atoms with Gasteiger partial charge in [-0.2, -0.15) is 0 Å². The van der Waals surface area contributed by atoms with Crippen molar-refractivity contribution in [3.05, 3.63) is 41.9 Å². The molecule has 10 heteroatoms. The molecular formula is C20H36N8O2. The number of nitrogens with two attached hydrogens (primary N) is 3. The number of pyridine rings is 1. The van der Waals surface area contributed by atoms with E-state index in [0.717, 1.165) is 25.7 Å². The van der Waals surface area contributed by atoms with Crippen LogP contribution in [0.1, 0.15) is 31.7 Å². The minimum atomic E-state index is -0.482. The third kappa shape index (κ3) is 10.3. The first-order valence-electron chi connectivity index (χ1n) is 10.3. The summed E-state index contributed by atoms with van der Waals surface area (Å²) in [5, 5.41) is 11.8. The SMILES string of the molecule is CCCNC(NC(N)CCCc1ccncc1)/C(=C\N)C(=O)NCCNC(=O)CN. The van der Waals surface area contributed by atoms with Gasteiger partial charge in [-0.15, -0.1) is 0 Å². The zero-order valence-corrected chi connectivity index (χ0v) is 17.7. The lowest BCUT2D eigenvalue weighted by Gasteiger charge is -2.26. The van der Waals surface area contributed by atoms with Gasteiger partial charge in [0.2, 0.25) is 5.91 Å². The summed E-state index contributed by atoms with van der Waals surface area (Å²) in [6, 6.07) is 3.97. The van der Waals surface area contributed by atoms with Crippen LogP contribution in [-0.2, 0) is 16.0 Å². The van der Waals surface area contributed by atoms with Crippen molar-refractivity contribution < 1.29 is 9.59 Å². The first-order chi connectivity index (χ1) is 14.5. The van der Waals surface area contributed by atoms with Gasteiger partial charge in [0.25, 0.3) is 5.91 Å². The van der Waals surface area contributed by atoms with E-state index in [1.54, 1.807) is 12.4 Å². The van der Waals surface area contributed by atoms with Crippen molar-refractivity contribution in [2.75, 3.05) is 26.2 Å². The lowest BCUT2D eigenvalue weighted by atomic mass is 10.1. The Morgan fingerprint density at radius 1 is 1.17 bits per heavy atom. The molecule has 0 aliphatic carbocycles. The summed E-state index contributed by atoms with van der Waals surface area (Å²) in [6.07, 6.45) is 7.45. The molecule has 168 valence electrons. The molecule has 2 unspecified atom stereocenters. The highest BCUT2D eigenvalue weighted by molar-refractivity contribution is 5.94. The van der Waals surface area contributed by atoms with Gasteiger partial charge in [0.05, 0.1) is 24.4 Å². The number of carbonyl (C=O) groups is 2. The summed E-state index contributed by atoms with van der Waals surface area (Å²) in [7, 11) is 0. The average molecular weight is 421 g/mol. The van der Waals surface area contributed by atoms with Crippen LogP contribution in [0.4, 0.5) is 0 Å². The van der Waals surface area contributed by atoms with Crippen molar-refractivity contribution in [3.8, 4) is 0 Å². The Hall–Kier alpha value is -2.53. The second-order valence-corrected chi connectivity index (χ2v) is 6.84. The molecule has 0 aliphatic heterocycles. The minimum Gasteiger partial charge on any atom is -0.404 e. The molecule has 0 spiro atoms. The molecule has 0 saturated carbocycles. The van der Waals surface area contributed by atoms with E-state index in [0.29, 0.717) is 12.1 Å². The van der Waals surface area contributed by atoms with E-state index >= 15 is 0 Å². The zero-order chi connectivity index (χ0) is 22.2. The molecule has 10 nitrogen and oxygen atoms in total. The van der Waals surface area contributed by atoms with Crippen LogP contribution in [0.3, 0.4) is 0 Å². The highest BCUT2D eigenvalue weighted by Gasteiger charge is 2.21. The molecule has 0 aromatic carbocycles. The fraction of sp³-hybridized carbons (Fsp3) is 0.550. The number of hydrogen-bond acceptors (Lipinski definition) is 8. The van der Waals surface area contributed by atoms with E-state index in [4.69, 9.17) is 17.2 Å². The van der Waals surface area contributed by atoms with Gasteiger partial charge in [-0.05, 0) is 49.9 Å². The molecular weight excluding hydrogens is 384 g/mol. The molecule has 1 aromatic heterocycles. The zero-order valence-electron chi connectivity index (χ0n) is 17.7. The van der Waals surface area contributed by atoms with Crippen LogP contribution in [0, 0.1) is 0 Å². The summed E-state index contributed by atoms with van der Waals surface area (Å²) in [5.41, 5.74) is 18.8. The summed E-state index contributed by atoms with van der Waals surface area (Å²) in [4.78, 5) is 27.7. The molecule has 1 heterocycles. The summed E-state index contributed by atoms with van der Waals surface area (Å²) < 4.78 is 0. The Bertz CT molecular complexity index is 653. The fourth-order valence-corrected chi connectivity index (χ4v) is 2.78. The molecule has 0 fully saturated rings. The summed E-state index contributed by atoms with van der Waals surface area (Å²) >= 11 is 0. The maximum atomic E-state index is 12.6. The standard InChI is InChI=1S/C20H36N8O2/c1-2-8-26-19(16(13-21)20(30)27-12-11-25-18(29)14-22)28-17(23)5-3-4-15-6-9-24-10-7-15/h6-7,9-10,13,17,19,26,28H,2-5,8,11-12,14,21-23H2,1H3,(H,25,29)(H,27,30)/b16-13+. The van der Waals surface area contributed by atoms with E-state index in [-0.39, 0.29) is 37.6 Å². The lowest BCUT2D eigenvalue weighted by Crippen LogP contribution is -2.54.